The molecule has 3 aliphatic carbocycles. The molecule has 0 aliphatic heterocycles. The van der Waals surface area contributed by atoms with Crippen LogP contribution in [0.1, 0.15) is 174 Å². The largest absolute Gasteiger partial charge is 0.481 e. The van der Waals surface area contributed by atoms with Crippen molar-refractivity contribution in [1.29, 1.82) is 0 Å². The van der Waals surface area contributed by atoms with Gasteiger partial charge in [0.1, 0.15) is 17.2 Å². The summed E-state index contributed by atoms with van der Waals surface area (Å²) in [6.45, 7) is 3.65. The molecule has 0 aromatic carbocycles. The first-order valence-electron chi connectivity index (χ1n) is 20.6. The lowest BCUT2D eigenvalue weighted by Gasteiger charge is -2.44. The van der Waals surface area contributed by atoms with Crippen molar-refractivity contribution in [3.05, 3.63) is 0 Å². The molecule has 54 heavy (non-hydrogen) atoms. The fourth-order valence-corrected chi connectivity index (χ4v) is 8.86. The molecule has 0 radical (unpaired) electrons. The number of aliphatic carboxylic acids is 2. The number of unbranched alkanes of at least 4 members (excludes halogenated alkanes) is 8. The maximum atomic E-state index is 14.5. The van der Waals surface area contributed by atoms with Crippen LogP contribution in [-0.2, 0) is 24.0 Å². The second-order valence-corrected chi connectivity index (χ2v) is 16.3. The molecule has 0 aromatic rings. The molecule has 4 N–H and O–H groups in total. The molecule has 3 aliphatic rings. The van der Waals surface area contributed by atoms with Gasteiger partial charge in [-0.05, 0) is 82.0 Å². The second kappa shape index (κ2) is 23.0. The van der Waals surface area contributed by atoms with Crippen LogP contribution in [0.25, 0.3) is 0 Å². The van der Waals surface area contributed by atoms with E-state index in [1.54, 1.807) is 6.92 Å². The summed E-state index contributed by atoms with van der Waals surface area (Å²) < 4.78 is 56.7. The number of hydrogen-bond acceptors (Lipinski definition) is 7. The average molecular weight is 779 g/mol. The number of halogens is 4. The predicted octanol–water partition coefficient (Wildman–Crippen LogP) is 9.13. The normalized spacial score (nSPS) is 27.0. The van der Waals surface area contributed by atoms with E-state index < -0.39 is 59.5 Å². The van der Waals surface area contributed by atoms with Gasteiger partial charge in [-0.1, -0.05) is 65.2 Å². The number of alkyl halides is 4. The molecular formula is C41H66F4O9. The number of carbonyl (C=O) groups excluding carboxylic acids is 3. The topological polar surface area (TPSA) is 166 Å². The minimum absolute atomic E-state index is 0.0226. The maximum absolute atomic E-state index is 14.5. The number of Topliss-reactive ketones (excluding diaryl/α,β-unsaturated/α-hetero) is 3. The zero-order valence-electron chi connectivity index (χ0n) is 32.5. The van der Waals surface area contributed by atoms with E-state index in [0.717, 1.165) is 44.9 Å². The van der Waals surface area contributed by atoms with Crippen LogP contribution in [0.3, 0.4) is 0 Å². The van der Waals surface area contributed by atoms with Gasteiger partial charge in [-0.15, -0.1) is 0 Å². The van der Waals surface area contributed by atoms with Gasteiger partial charge in [0.15, 0.2) is 0 Å². The standard InChI is InChI=1S/C21H34F2O4.C20H32F2O5/c1-2-3-11-21(22,23)20(27)12-10-16-15(14-20)13-18(24)17(16)8-6-4-5-7-9-19(25)26;1-2-3-12-20(21,22)18(25)11-10-15-14(16(23)13-17(15)24)8-6-4-5-7-9-19(26)27/h15-17,27H,2-14H2,1H3,(H,25,26);14-15,17,24H,2-13H2,1H3,(H,26,27)/t15-,16?,17+,20+;14-,15-,17-/m01/s1. The number of carboxylic acids is 2. The van der Waals surface area contributed by atoms with Crippen LogP contribution in [0.4, 0.5) is 17.6 Å². The van der Waals surface area contributed by atoms with Crippen LogP contribution in [0.15, 0.2) is 0 Å². The Kier molecular flexibility index (Phi) is 20.3. The first-order valence-corrected chi connectivity index (χ1v) is 20.6. The summed E-state index contributed by atoms with van der Waals surface area (Å²) in [5.41, 5.74) is -1.96. The number of ketones is 3. The minimum atomic E-state index is -3.33. The molecule has 0 aromatic heterocycles. The van der Waals surface area contributed by atoms with E-state index in [-0.39, 0.29) is 87.1 Å². The van der Waals surface area contributed by atoms with E-state index in [0.29, 0.717) is 51.4 Å². The van der Waals surface area contributed by atoms with Gasteiger partial charge in [-0.2, -0.15) is 8.78 Å². The van der Waals surface area contributed by atoms with Gasteiger partial charge in [0.25, 0.3) is 5.92 Å². The molecular weight excluding hydrogens is 712 g/mol. The lowest BCUT2D eigenvalue weighted by molar-refractivity contribution is -0.210. The number of aliphatic hydroxyl groups excluding tert-OH is 1. The molecule has 3 rings (SSSR count). The van der Waals surface area contributed by atoms with Crippen LogP contribution in [-0.4, -0.2) is 73.3 Å². The van der Waals surface area contributed by atoms with Crippen LogP contribution >= 0.6 is 0 Å². The average Bonchev–Trinajstić information content (AvgIpc) is 3.55. The third-order valence-electron chi connectivity index (χ3n) is 12.1. The van der Waals surface area contributed by atoms with E-state index >= 15 is 0 Å². The van der Waals surface area contributed by atoms with E-state index in [2.05, 4.69) is 0 Å². The summed E-state index contributed by atoms with van der Waals surface area (Å²) in [7, 11) is 0. The van der Waals surface area contributed by atoms with Crippen molar-refractivity contribution in [3.8, 4) is 0 Å². The van der Waals surface area contributed by atoms with Crippen molar-refractivity contribution in [1.82, 2.24) is 0 Å². The van der Waals surface area contributed by atoms with Gasteiger partial charge in [0.05, 0.1) is 6.10 Å². The molecule has 9 nitrogen and oxygen atoms in total. The third kappa shape index (κ3) is 14.9. The first-order chi connectivity index (χ1) is 25.4. The van der Waals surface area contributed by atoms with Gasteiger partial charge in [0, 0.05) is 56.8 Å². The van der Waals surface area contributed by atoms with Crippen LogP contribution in [0, 0.1) is 29.6 Å². The van der Waals surface area contributed by atoms with Crippen molar-refractivity contribution in [2.75, 3.05) is 0 Å². The summed E-state index contributed by atoms with van der Waals surface area (Å²) in [5, 5.41) is 38.0. The highest BCUT2D eigenvalue weighted by atomic mass is 19.3. The molecule has 0 spiro atoms. The highest BCUT2D eigenvalue weighted by Gasteiger charge is 2.58. The van der Waals surface area contributed by atoms with Gasteiger partial charge in [-0.25, -0.2) is 8.78 Å². The lowest BCUT2D eigenvalue weighted by Crippen LogP contribution is -2.52. The summed E-state index contributed by atoms with van der Waals surface area (Å²) in [6, 6.07) is 0. The Labute approximate surface area is 318 Å². The van der Waals surface area contributed by atoms with Crippen LogP contribution in [0.2, 0.25) is 0 Å². The molecule has 7 atom stereocenters. The highest BCUT2D eigenvalue weighted by molar-refractivity contribution is 5.86. The Morgan fingerprint density at radius 1 is 0.704 bits per heavy atom. The lowest BCUT2D eigenvalue weighted by atomic mass is 9.67. The van der Waals surface area contributed by atoms with Crippen molar-refractivity contribution < 1.29 is 62.0 Å². The van der Waals surface area contributed by atoms with Gasteiger partial charge >= 0.3 is 17.9 Å². The summed E-state index contributed by atoms with van der Waals surface area (Å²) in [4.78, 5) is 57.4. The number of carboxylic acid groups (broad SMARTS) is 2. The summed E-state index contributed by atoms with van der Waals surface area (Å²) in [6.07, 6.45) is 8.80. The van der Waals surface area contributed by atoms with E-state index in [4.69, 9.17) is 10.2 Å². The number of aliphatic hydroxyl groups is 2. The predicted molar refractivity (Wildman–Crippen MR) is 195 cm³/mol. The zero-order chi connectivity index (χ0) is 40.5. The van der Waals surface area contributed by atoms with Crippen LogP contribution in [0.5, 0.6) is 0 Å². The summed E-state index contributed by atoms with van der Waals surface area (Å²) in [5.74, 6) is -9.93. The van der Waals surface area contributed by atoms with E-state index in [1.165, 1.54) is 0 Å². The Balaban J connectivity index is 0.000000373. The Morgan fingerprint density at radius 3 is 1.78 bits per heavy atom. The van der Waals surface area contributed by atoms with Crippen molar-refractivity contribution in [3.63, 3.8) is 0 Å². The molecule has 0 heterocycles. The van der Waals surface area contributed by atoms with Crippen LogP contribution < -0.4 is 0 Å². The first kappa shape index (κ1) is 47.7. The molecule has 1 unspecified atom stereocenters. The molecule has 312 valence electrons. The van der Waals surface area contributed by atoms with Crippen molar-refractivity contribution in [2.24, 2.45) is 29.6 Å². The molecule has 3 saturated carbocycles. The Hall–Kier alpha value is -2.41. The fourth-order valence-electron chi connectivity index (χ4n) is 8.86. The number of carbonyl (C=O) groups is 5. The monoisotopic (exact) mass is 778 g/mol. The Morgan fingerprint density at radius 2 is 1.22 bits per heavy atom. The highest BCUT2D eigenvalue weighted by Crippen LogP contribution is 2.53. The van der Waals surface area contributed by atoms with Gasteiger partial charge < -0.3 is 20.4 Å². The van der Waals surface area contributed by atoms with Crippen molar-refractivity contribution >= 4 is 29.3 Å². The molecule has 13 heteroatoms. The zero-order valence-corrected chi connectivity index (χ0v) is 32.5. The van der Waals surface area contributed by atoms with E-state index in [9.17, 15) is 51.7 Å². The minimum Gasteiger partial charge on any atom is -0.481 e. The third-order valence-corrected chi connectivity index (χ3v) is 12.1. The SMILES string of the molecule is CCCCC(F)(F)C(=O)CC[C@H]1[C@H](O)CC(=O)[C@@H]1CCCCCCC(=O)O.CCCCC(F)(F)[C@@]1(O)CCC2[C@@H](CC(=O)[C@@H]2CCCCCCC(=O)O)C1. The number of fused-ring (bicyclic) bond motifs is 1. The van der Waals surface area contributed by atoms with Gasteiger partial charge in [0.2, 0.25) is 5.78 Å². The quantitative estimate of drug-likeness (QED) is 0.0522. The number of hydrogen-bond donors (Lipinski definition) is 4. The molecule has 0 amide bonds. The van der Waals surface area contributed by atoms with E-state index in [1.807, 2.05) is 6.92 Å². The number of rotatable bonds is 25. The maximum Gasteiger partial charge on any atom is 0.305 e. The fraction of sp³-hybridized carbons (Fsp3) is 0.878. The van der Waals surface area contributed by atoms with Crippen molar-refractivity contribution in [2.45, 2.75) is 198 Å². The second-order valence-electron chi connectivity index (χ2n) is 16.3. The smallest absolute Gasteiger partial charge is 0.305 e. The van der Waals surface area contributed by atoms with Gasteiger partial charge in [-0.3, -0.25) is 24.0 Å². The molecule has 3 fully saturated rings. The Bertz CT molecular complexity index is 1210. The molecule has 0 saturated heterocycles. The summed E-state index contributed by atoms with van der Waals surface area (Å²) >= 11 is 0. The molecule has 0 bridgehead atoms.